The Morgan fingerprint density at radius 1 is 1.37 bits per heavy atom. The van der Waals surface area contributed by atoms with Gasteiger partial charge in [0.1, 0.15) is 6.04 Å². The number of pyridine rings is 1. The first-order valence-corrected chi connectivity index (χ1v) is 6.30. The minimum atomic E-state index is -0.291. The molecule has 0 spiro atoms. The molecule has 1 aromatic heterocycles. The highest BCUT2D eigenvalue weighted by molar-refractivity contribution is 6.02. The first kappa shape index (κ1) is 12.1. The molecule has 1 unspecified atom stereocenters. The fourth-order valence-electron chi connectivity index (χ4n) is 2.17. The van der Waals surface area contributed by atoms with Crippen molar-refractivity contribution in [1.29, 1.82) is 0 Å². The van der Waals surface area contributed by atoms with E-state index in [1.54, 1.807) is 6.20 Å². The number of rotatable bonds is 2. The number of nitrogens with zero attached hydrogens (tertiary/aromatic N) is 1. The molecule has 0 aliphatic carbocycles. The summed E-state index contributed by atoms with van der Waals surface area (Å²) in [6, 6.07) is 9.21. The number of hydrogen-bond acceptors (Lipinski definition) is 4. The lowest BCUT2D eigenvalue weighted by atomic mass is 10.1. The molecule has 0 saturated carbocycles. The number of aromatic nitrogens is 1. The zero-order valence-electron chi connectivity index (χ0n) is 10.4. The van der Waals surface area contributed by atoms with E-state index in [-0.39, 0.29) is 11.9 Å². The Bertz CT molecular complexity index is 589. The number of carbonyl (C=O) groups is 1. The van der Waals surface area contributed by atoms with Gasteiger partial charge >= 0.3 is 0 Å². The second-order valence-corrected chi connectivity index (χ2v) is 4.45. The molecule has 1 saturated heterocycles. The van der Waals surface area contributed by atoms with Crippen LogP contribution in [-0.4, -0.2) is 36.7 Å². The maximum Gasteiger partial charge on any atom is 0.243 e. The van der Waals surface area contributed by atoms with Crippen molar-refractivity contribution in [3.8, 4) is 0 Å². The lowest BCUT2D eigenvalue weighted by Crippen LogP contribution is -2.48. The molecule has 3 rings (SSSR count). The second-order valence-electron chi connectivity index (χ2n) is 4.45. The summed E-state index contributed by atoms with van der Waals surface area (Å²) >= 11 is 0. The average Bonchev–Trinajstić information content (AvgIpc) is 2.48. The number of benzene rings is 1. The monoisotopic (exact) mass is 257 g/mol. The van der Waals surface area contributed by atoms with Crippen LogP contribution < -0.4 is 10.6 Å². The van der Waals surface area contributed by atoms with Crippen molar-refractivity contribution in [2.24, 2.45) is 0 Å². The highest BCUT2D eigenvalue weighted by Gasteiger charge is 2.21. The van der Waals surface area contributed by atoms with Gasteiger partial charge in [-0.1, -0.05) is 6.07 Å². The van der Waals surface area contributed by atoms with E-state index >= 15 is 0 Å². The maximum absolute atomic E-state index is 12.1. The summed E-state index contributed by atoms with van der Waals surface area (Å²) in [5.74, 6) is -0.0731. The van der Waals surface area contributed by atoms with Crippen LogP contribution in [0.4, 0.5) is 5.69 Å². The van der Waals surface area contributed by atoms with Crippen molar-refractivity contribution in [3.05, 3.63) is 36.5 Å². The van der Waals surface area contributed by atoms with Crippen molar-refractivity contribution in [2.45, 2.75) is 6.04 Å². The molecule has 1 aliphatic rings. The van der Waals surface area contributed by atoms with Crippen molar-refractivity contribution < 1.29 is 9.53 Å². The lowest BCUT2D eigenvalue weighted by molar-refractivity contribution is -0.120. The van der Waals surface area contributed by atoms with E-state index in [9.17, 15) is 4.79 Å². The van der Waals surface area contributed by atoms with E-state index < -0.39 is 0 Å². The third-order valence-corrected chi connectivity index (χ3v) is 3.14. The zero-order chi connectivity index (χ0) is 13.1. The number of ether oxygens (including phenoxy) is 1. The van der Waals surface area contributed by atoms with E-state index in [1.807, 2.05) is 30.3 Å². The number of anilines is 1. The molecule has 1 fully saturated rings. The molecule has 1 aliphatic heterocycles. The Morgan fingerprint density at radius 2 is 2.32 bits per heavy atom. The smallest absolute Gasteiger partial charge is 0.243 e. The fourth-order valence-corrected chi connectivity index (χ4v) is 2.17. The van der Waals surface area contributed by atoms with Gasteiger partial charge in [-0.3, -0.25) is 9.78 Å². The van der Waals surface area contributed by atoms with E-state index in [1.165, 1.54) is 0 Å². The third kappa shape index (κ3) is 2.57. The molecule has 5 nitrogen and oxygen atoms in total. The Balaban J connectivity index is 1.82. The van der Waals surface area contributed by atoms with E-state index in [4.69, 9.17) is 4.74 Å². The topological polar surface area (TPSA) is 63.2 Å². The van der Waals surface area contributed by atoms with Gasteiger partial charge in [0.05, 0.1) is 24.4 Å². The molecule has 2 heterocycles. The van der Waals surface area contributed by atoms with Crippen LogP contribution in [0.25, 0.3) is 10.9 Å². The number of fused-ring (bicyclic) bond motifs is 1. The minimum Gasteiger partial charge on any atom is -0.378 e. The van der Waals surface area contributed by atoms with Crippen molar-refractivity contribution in [3.63, 3.8) is 0 Å². The van der Waals surface area contributed by atoms with Gasteiger partial charge in [0.15, 0.2) is 0 Å². The van der Waals surface area contributed by atoms with Crippen molar-refractivity contribution in [1.82, 2.24) is 10.3 Å². The van der Waals surface area contributed by atoms with Crippen LogP contribution in [0.1, 0.15) is 0 Å². The number of amides is 1. The molecular formula is C14H15N3O2. The van der Waals surface area contributed by atoms with E-state index in [0.717, 1.165) is 16.6 Å². The van der Waals surface area contributed by atoms with Crippen LogP contribution in [0, 0.1) is 0 Å². The van der Waals surface area contributed by atoms with Crippen molar-refractivity contribution in [2.75, 3.05) is 25.1 Å². The molecule has 19 heavy (non-hydrogen) atoms. The van der Waals surface area contributed by atoms with Gasteiger partial charge in [-0.15, -0.1) is 0 Å². The largest absolute Gasteiger partial charge is 0.378 e. The summed E-state index contributed by atoms with van der Waals surface area (Å²) in [5, 5.41) is 7.01. The molecule has 0 bridgehead atoms. The van der Waals surface area contributed by atoms with Gasteiger partial charge in [0.2, 0.25) is 5.91 Å². The predicted molar refractivity (Wildman–Crippen MR) is 73.0 cm³/mol. The molecule has 1 atom stereocenters. The summed E-state index contributed by atoms with van der Waals surface area (Å²) in [6.45, 7) is 1.77. The fraction of sp³-hybridized carbons (Fsp3) is 0.286. The highest BCUT2D eigenvalue weighted by atomic mass is 16.5. The molecule has 2 N–H and O–H groups in total. The van der Waals surface area contributed by atoms with Gasteiger partial charge in [0.25, 0.3) is 0 Å². The lowest BCUT2D eigenvalue weighted by Gasteiger charge is -2.23. The molecule has 1 amide bonds. The summed E-state index contributed by atoms with van der Waals surface area (Å²) in [4.78, 5) is 16.4. The number of hydrogen-bond donors (Lipinski definition) is 2. The summed E-state index contributed by atoms with van der Waals surface area (Å²) in [6.07, 6.45) is 1.74. The molecule has 98 valence electrons. The Labute approximate surface area is 111 Å². The Hall–Kier alpha value is -1.98. The van der Waals surface area contributed by atoms with Crippen LogP contribution in [0.3, 0.4) is 0 Å². The van der Waals surface area contributed by atoms with Crippen LogP contribution in [0.15, 0.2) is 36.5 Å². The standard InChI is InChI=1S/C14H15N3O2/c18-14(13-9-19-8-7-16-13)17-12-5-1-4-11-10(12)3-2-6-15-11/h1-6,13,16H,7-9H2,(H,17,18). The quantitative estimate of drug-likeness (QED) is 0.847. The van der Waals surface area contributed by atoms with Gasteiger partial charge < -0.3 is 15.4 Å². The van der Waals surface area contributed by atoms with Crippen molar-refractivity contribution >= 4 is 22.5 Å². The highest BCUT2D eigenvalue weighted by Crippen LogP contribution is 2.21. The molecule has 2 aromatic rings. The van der Waals surface area contributed by atoms with Crippen LogP contribution in [0.5, 0.6) is 0 Å². The molecular weight excluding hydrogens is 242 g/mol. The SMILES string of the molecule is O=C(Nc1cccc2ncccc12)C1COCCN1. The Kier molecular flexibility index (Phi) is 3.39. The molecule has 0 radical (unpaired) electrons. The zero-order valence-corrected chi connectivity index (χ0v) is 10.4. The van der Waals surface area contributed by atoms with Crippen LogP contribution >= 0.6 is 0 Å². The van der Waals surface area contributed by atoms with Crippen LogP contribution in [-0.2, 0) is 9.53 Å². The van der Waals surface area contributed by atoms with Gasteiger partial charge in [-0.2, -0.15) is 0 Å². The third-order valence-electron chi connectivity index (χ3n) is 3.14. The number of morpholine rings is 1. The normalized spacial score (nSPS) is 19.3. The first-order chi connectivity index (χ1) is 9.34. The molecule has 1 aromatic carbocycles. The molecule has 5 heteroatoms. The predicted octanol–water partition coefficient (Wildman–Crippen LogP) is 1.16. The summed E-state index contributed by atoms with van der Waals surface area (Å²) in [5.41, 5.74) is 1.65. The van der Waals surface area contributed by atoms with E-state index in [0.29, 0.717) is 19.8 Å². The average molecular weight is 257 g/mol. The van der Waals surface area contributed by atoms with Gasteiger partial charge in [-0.25, -0.2) is 0 Å². The van der Waals surface area contributed by atoms with E-state index in [2.05, 4.69) is 15.6 Å². The summed E-state index contributed by atoms with van der Waals surface area (Å²) < 4.78 is 5.29. The maximum atomic E-state index is 12.1. The minimum absolute atomic E-state index is 0.0731. The number of nitrogens with one attached hydrogen (secondary N) is 2. The van der Waals surface area contributed by atoms with Crippen LogP contribution in [0.2, 0.25) is 0 Å². The van der Waals surface area contributed by atoms with Gasteiger partial charge in [-0.05, 0) is 24.3 Å². The van der Waals surface area contributed by atoms with Gasteiger partial charge in [0, 0.05) is 18.1 Å². The second kappa shape index (κ2) is 5.34. The number of carbonyl (C=O) groups excluding carboxylic acids is 1. The Morgan fingerprint density at radius 3 is 3.16 bits per heavy atom. The summed E-state index contributed by atoms with van der Waals surface area (Å²) in [7, 11) is 0. The first-order valence-electron chi connectivity index (χ1n) is 6.30.